The van der Waals surface area contributed by atoms with Crippen molar-refractivity contribution in [1.82, 2.24) is 4.90 Å². The van der Waals surface area contributed by atoms with E-state index in [1.807, 2.05) is 34.6 Å². The van der Waals surface area contributed by atoms with Gasteiger partial charge in [0.2, 0.25) is 0 Å². The van der Waals surface area contributed by atoms with E-state index < -0.39 is 5.60 Å². The third-order valence-corrected chi connectivity index (χ3v) is 2.68. The van der Waals surface area contributed by atoms with E-state index in [1.54, 1.807) is 4.90 Å². The van der Waals surface area contributed by atoms with E-state index in [0.29, 0.717) is 13.0 Å². The highest BCUT2D eigenvalue weighted by molar-refractivity contribution is 5.69. The van der Waals surface area contributed by atoms with E-state index in [2.05, 4.69) is 0 Å². The van der Waals surface area contributed by atoms with Crippen LogP contribution in [-0.2, 0) is 9.47 Å². The second-order valence-electron chi connectivity index (χ2n) is 6.01. The van der Waals surface area contributed by atoms with Crippen molar-refractivity contribution < 1.29 is 19.4 Å². The number of carbonyl (C=O) groups is 1. The normalized spacial score (nSPS) is 24.7. The molecule has 0 radical (unpaired) electrons. The van der Waals surface area contributed by atoms with Gasteiger partial charge in [-0.05, 0) is 41.0 Å². The lowest BCUT2D eigenvalue weighted by molar-refractivity contribution is 0.00267. The van der Waals surface area contributed by atoms with Gasteiger partial charge in [-0.15, -0.1) is 0 Å². The van der Waals surface area contributed by atoms with Crippen LogP contribution in [0.1, 0.15) is 41.0 Å². The van der Waals surface area contributed by atoms with E-state index in [1.165, 1.54) is 0 Å². The minimum atomic E-state index is -0.520. The average Bonchev–Trinajstić information content (AvgIpc) is 2.57. The Kier molecular flexibility index (Phi) is 4.99. The van der Waals surface area contributed by atoms with Crippen LogP contribution in [0.4, 0.5) is 4.79 Å². The molecule has 0 bridgehead atoms. The van der Waals surface area contributed by atoms with Gasteiger partial charge in [0.25, 0.3) is 0 Å². The number of hydrogen-bond acceptors (Lipinski definition) is 4. The second-order valence-corrected chi connectivity index (χ2v) is 6.01. The maximum absolute atomic E-state index is 12.0. The molecule has 1 N–H and O–H groups in total. The SMILES string of the molecule is CC(C)OC1C[C@H](CO)N(C(=O)OC(C)(C)C)C1. The van der Waals surface area contributed by atoms with Gasteiger partial charge in [-0.25, -0.2) is 4.79 Å². The Morgan fingerprint density at radius 1 is 1.44 bits per heavy atom. The second kappa shape index (κ2) is 5.89. The van der Waals surface area contributed by atoms with Gasteiger partial charge < -0.3 is 19.5 Å². The molecule has 0 spiro atoms. The molecule has 0 aromatic rings. The van der Waals surface area contributed by atoms with Crippen molar-refractivity contribution >= 4 is 6.09 Å². The minimum absolute atomic E-state index is 0.0188. The number of nitrogens with zero attached hydrogens (tertiary/aromatic N) is 1. The molecule has 1 aliphatic rings. The zero-order valence-electron chi connectivity index (χ0n) is 12.0. The summed E-state index contributed by atoms with van der Waals surface area (Å²) in [4.78, 5) is 13.6. The van der Waals surface area contributed by atoms with E-state index in [-0.39, 0.29) is 30.9 Å². The summed E-state index contributed by atoms with van der Waals surface area (Å²) >= 11 is 0. The monoisotopic (exact) mass is 259 g/mol. The molecule has 0 aliphatic carbocycles. The average molecular weight is 259 g/mol. The molecule has 2 atom stereocenters. The van der Waals surface area contributed by atoms with Crippen molar-refractivity contribution in [2.45, 2.75) is 64.9 Å². The molecule has 0 aromatic carbocycles. The van der Waals surface area contributed by atoms with Gasteiger partial charge in [0.05, 0.1) is 31.4 Å². The molecule has 1 rings (SSSR count). The molecular formula is C13H25NO4. The highest BCUT2D eigenvalue weighted by Crippen LogP contribution is 2.23. The molecular weight excluding hydrogens is 234 g/mol. The van der Waals surface area contributed by atoms with Crippen LogP contribution in [0.2, 0.25) is 0 Å². The summed E-state index contributed by atoms with van der Waals surface area (Å²) in [5.74, 6) is 0. The van der Waals surface area contributed by atoms with Crippen LogP contribution in [-0.4, -0.2) is 53.1 Å². The summed E-state index contributed by atoms with van der Waals surface area (Å²) in [6.07, 6.45) is 0.382. The molecule has 0 saturated carbocycles. The van der Waals surface area contributed by atoms with E-state index in [9.17, 15) is 9.90 Å². The number of aliphatic hydroxyl groups is 1. The fourth-order valence-electron chi connectivity index (χ4n) is 2.07. The number of ether oxygens (including phenoxy) is 2. The molecule has 1 amide bonds. The topological polar surface area (TPSA) is 59.0 Å². The Morgan fingerprint density at radius 3 is 2.50 bits per heavy atom. The molecule has 5 heteroatoms. The Labute approximate surface area is 109 Å². The quantitative estimate of drug-likeness (QED) is 0.839. The zero-order valence-corrected chi connectivity index (χ0v) is 12.0. The van der Waals surface area contributed by atoms with Crippen LogP contribution in [0.3, 0.4) is 0 Å². The van der Waals surface area contributed by atoms with Gasteiger partial charge in [0.15, 0.2) is 0 Å². The maximum Gasteiger partial charge on any atom is 0.410 e. The maximum atomic E-state index is 12.0. The first kappa shape index (κ1) is 15.2. The highest BCUT2D eigenvalue weighted by atomic mass is 16.6. The van der Waals surface area contributed by atoms with Crippen LogP contribution >= 0.6 is 0 Å². The molecule has 1 fully saturated rings. The van der Waals surface area contributed by atoms with Gasteiger partial charge >= 0.3 is 6.09 Å². The molecule has 1 heterocycles. The van der Waals surface area contributed by atoms with Gasteiger partial charge in [-0.3, -0.25) is 0 Å². The number of carbonyl (C=O) groups excluding carboxylic acids is 1. The van der Waals surface area contributed by atoms with Crippen molar-refractivity contribution in [2.75, 3.05) is 13.2 Å². The predicted molar refractivity (Wildman–Crippen MR) is 68.4 cm³/mol. The summed E-state index contributed by atoms with van der Waals surface area (Å²) in [6, 6.07) is -0.205. The molecule has 1 aliphatic heterocycles. The van der Waals surface area contributed by atoms with Crippen molar-refractivity contribution in [3.8, 4) is 0 Å². The van der Waals surface area contributed by atoms with Gasteiger partial charge in [0.1, 0.15) is 5.60 Å². The Bertz CT molecular complexity index is 285. The third-order valence-electron chi connectivity index (χ3n) is 2.68. The third kappa shape index (κ3) is 4.46. The largest absolute Gasteiger partial charge is 0.444 e. The fraction of sp³-hybridized carbons (Fsp3) is 0.923. The number of hydrogen-bond donors (Lipinski definition) is 1. The van der Waals surface area contributed by atoms with Crippen LogP contribution in [0.5, 0.6) is 0 Å². The molecule has 5 nitrogen and oxygen atoms in total. The summed E-state index contributed by atoms with van der Waals surface area (Å²) in [5.41, 5.74) is -0.520. The van der Waals surface area contributed by atoms with E-state index in [0.717, 1.165) is 0 Å². The minimum Gasteiger partial charge on any atom is -0.444 e. The van der Waals surface area contributed by atoms with E-state index in [4.69, 9.17) is 9.47 Å². The van der Waals surface area contributed by atoms with Gasteiger partial charge in [0, 0.05) is 0 Å². The van der Waals surface area contributed by atoms with Crippen molar-refractivity contribution in [3.05, 3.63) is 0 Å². The number of amides is 1. The summed E-state index contributed by atoms with van der Waals surface area (Å²) in [7, 11) is 0. The molecule has 106 valence electrons. The Hall–Kier alpha value is -0.810. The standard InChI is InChI=1S/C13H25NO4/c1-9(2)17-11-6-10(8-15)14(7-11)12(16)18-13(3,4)5/h9-11,15H,6-8H2,1-5H3/t10-,11?/m1/s1. The zero-order chi connectivity index (χ0) is 13.9. The number of aliphatic hydroxyl groups excluding tert-OH is 1. The molecule has 0 aromatic heterocycles. The number of rotatable bonds is 3. The molecule has 18 heavy (non-hydrogen) atoms. The van der Waals surface area contributed by atoms with Crippen molar-refractivity contribution in [1.29, 1.82) is 0 Å². The first-order chi connectivity index (χ1) is 8.23. The summed E-state index contributed by atoms with van der Waals surface area (Å²) in [6.45, 7) is 9.84. The smallest absolute Gasteiger partial charge is 0.410 e. The van der Waals surface area contributed by atoms with Gasteiger partial charge in [-0.2, -0.15) is 0 Å². The Balaban J connectivity index is 2.61. The number of likely N-dealkylation sites (tertiary alicyclic amines) is 1. The van der Waals surface area contributed by atoms with Crippen LogP contribution < -0.4 is 0 Å². The predicted octanol–water partition coefficient (Wildman–Crippen LogP) is 1.78. The van der Waals surface area contributed by atoms with Crippen LogP contribution in [0.15, 0.2) is 0 Å². The summed E-state index contributed by atoms with van der Waals surface area (Å²) in [5, 5.41) is 9.33. The Morgan fingerprint density at radius 2 is 2.06 bits per heavy atom. The first-order valence-electron chi connectivity index (χ1n) is 6.49. The van der Waals surface area contributed by atoms with Crippen molar-refractivity contribution in [3.63, 3.8) is 0 Å². The van der Waals surface area contributed by atoms with Crippen LogP contribution in [0, 0.1) is 0 Å². The van der Waals surface area contributed by atoms with Crippen LogP contribution in [0.25, 0.3) is 0 Å². The lowest BCUT2D eigenvalue weighted by Gasteiger charge is -2.27. The lowest BCUT2D eigenvalue weighted by atomic mass is 10.2. The molecule has 1 unspecified atom stereocenters. The van der Waals surface area contributed by atoms with Gasteiger partial charge in [-0.1, -0.05) is 0 Å². The lowest BCUT2D eigenvalue weighted by Crippen LogP contribution is -2.41. The first-order valence-corrected chi connectivity index (χ1v) is 6.49. The van der Waals surface area contributed by atoms with Crippen molar-refractivity contribution in [2.24, 2.45) is 0 Å². The summed E-state index contributed by atoms with van der Waals surface area (Å²) < 4.78 is 11.0. The molecule has 1 saturated heterocycles. The van der Waals surface area contributed by atoms with E-state index >= 15 is 0 Å². The fourth-order valence-corrected chi connectivity index (χ4v) is 2.07. The highest BCUT2D eigenvalue weighted by Gasteiger charge is 2.37.